The number of thioether (sulfide) groups is 1. The SMILES string of the molecule is O=C(O)C1C=CC=CC1=C1CC=CS1. The van der Waals surface area contributed by atoms with Crippen LogP contribution in [0.1, 0.15) is 6.42 Å². The number of aliphatic carboxylic acids is 1. The number of carbonyl (C=O) groups is 1. The van der Waals surface area contributed by atoms with Crippen molar-refractivity contribution in [3.63, 3.8) is 0 Å². The van der Waals surface area contributed by atoms with Gasteiger partial charge in [-0.2, -0.15) is 0 Å². The molecule has 1 unspecified atom stereocenters. The summed E-state index contributed by atoms with van der Waals surface area (Å²) in [5, 5.41) is 11.0. The molecule has 0 spiro atoms. The molecule has 1 atom stereocenters. The summed E-state index contributed by atoms with van der Waals surface area (Å²) in [5.41, 5.74) is 0.926. The van der Waals surface area contributed by atoms with E-state index in [9.17, 15) is 4.79 Å². The van der Waals surface area contributed by atoms with Crippen molar-refractivity contribution in [2.75, 3.05) is 0 Å². The first-order valence-electron chi connectivity index (χ1n) is 4.41. The molecule has 0 radical (unpaired) electrons. The Balaban J connectivity index is 2.33. The molecule has 0 saturated carbocycles. The van der Waals surface area contributed by atoms with Gasteiger partial charge in [0.05, 0.1) is 0 Å². The quantitative estimate of drug-likeness (QED) is 0.716. The van der Waals surface area contributed by atoms with Gasteiger partial charge in [-0.3, -0.25) is 4.79 Å². The summed E-state index contributed by atoms with van der Waals surface area (Å²) in [5.74, 6) is -1.25. The lowest BCUT2D eigenvalue weighted by molar-refractivity contribution is -0.138. The highest BCUT2D eigenvalue weighted by Crippen LogP contribution is 2.36. The molecule has 72 valence electrons. The van der Waals surface area contributed by atoms with Gasteiger partial charge < -0.3 is 5.11 Å². The lowest BCUT2D eigenvalue weighted by Crippen LogP contribution is -2.15. The maximum absolute atomic E-state index is 11.0. The number of allylic oxidation sites excluding steroid dienone is 5. The van der Waals surface area contributed by atoms with Crippen LogP contribution in [0, 0.1) is 5.92 Å². The molecule has 0 aromatic heterocycles. The van der Waals surface area contributed by atoms with Crippen molar-refractivity contribution in [3.8, 4) is 0 Å². The summed E-state index contributed by atoms with van der Waals surface area (Å²) in [6.45, 7) is 0. The van der Waals surface area contributed by atoms with Gasteiger partial charge in [-0.15, -0.1) is 11.8 Å². The zero-order valence-electron chi connectivity index (χ0n) is 7.51. The van der Waals surface area contributed by atoms with Crippen LogP contribution in [0.15, 0.2) is 46.3 Å². The third-order valence-electron chi connectivity index (χ3n) is 2.22. The van der Waals surface area contributed by atoms with Gasteiger partial charge >= 0.3 is 5.97 Å². The molecule has 1 heterocycles. The zero-order valence-corrected chi connectivity index (χ0v) is 8.33. The standard InChI is InChI=1S/C11H10O2S/c12-11(13)9-5-2-1-4-8(9)10-6-3-7-14-10/h1-5,7,9H,6H2,(H,12,13). The summed E-state index contributed by atoms with van der Waals surface area (Å²) in [7, 11) is 0. The van der Waals surface area contributed by atoms with E-state index >= 15 is 0 Å². The average molecular weight is 206 g/mol. The number of carboxylic acid groups (broad SMARTS) is 1. The van der Waals surface area contributed by atoms with E-state index in [0.717, 1.165) is 16.9 Å². The fourth-order valence-corrected chi connectivity index (χ4v) is 2.42. The van der Waals surface area contributed by atoms with E-state index in [-0.39, 0.29) is 0 Å². The van der Waals surface area contributed by atoms with E-state index in [0.29, 0.717) is 0 Å². The topological polar surface area (TPSA) is 37.3 Å². The average Bonchev–Trinajstić information content (AvgIpc) is 2.70. The predicted octanol–water partition coefficient (Wildman–Crippen LogP) is 2.72. The van der Waals surface area contributed by atoms with Crippen LogP contribution in [0.25, 0.3) is 0 Å². The van der Waals surface area contributed by atoms with Crippen molar-refractivity contribution in [1.29, 1.82) is 0 Å². The first-order chi connectivity index (χ1) is 6.79. The van der Waals surface area contributed by atoms with Gasteiger partial charge in [-0.1, -0.05) is 30.4 Å². The number of hydrogen-bond donors (Lipinski definition) is 1. The normalized spacial score (nSPS) is 29.9. The summed E-state index contributed by atoms with van der Waals surface area (Å²) >= 11 is 1.62. The molecular weight excluding hydrogens is 196 g/mol. The lowest BCUT2D eigenvalue weighted by atomic mass is 9.93. The molecule has 14 heavy (non-hydrogen) atoms. The van der Waals surface area contributed by atoms with E-state index in [1.807, 2.05) is 17.6 Å². The summed E-state index contributed by atoms with van der Waals surface area (Å²) < 4.78 is 0. The fraction of sp³-hybridized carbons (Fsp3) is 0.182. The Labute approximate surface area is 86.7 Å². The van der Waals surface area contributed by atoms with Crippen molar-refractivity contribution in [1.82, 2.24) is 0 Å². The Bertz CT molecular complexity index is 365. The van der Waals surface area contributed by atoms with Crippen molar-refractivity contribution in [3.05, 3.63) is 46.3 Å². The molecule has 1 aliphatic heterocycles. The lowest BCUT2D eigenvalue weighted by Gasteiger charge is -2.14. The maximum Gasteiger partial charge on any atom is 0.314 e. The molecule has 0 fully saturated rings. The van der Waals surface area contributed by atoms with Gasteiger partial charge in [-0.25, -0.2) is 0 Å². The molecule has 1 aliphatic carbocycles. The third kappa shape index (κ3) is 1.68. The largest absolute Gasteiger partial charge is 0.481 e. The predicted molar refractivity (Wildman–Crippen MR) is 57.8 cm³/mol. The Morgan fingerprint density at radius 1 is 1.50 bits per heavy atom. The third-order valence-corrected chi connectivity index (χ3v) is 3.24. The van der Waals surface area contributed by atoms with Crippen LogP contribution in [-0.4, -0.2) is 11.1 Å². The second-order valence-corrected chi connectivity index (χ2v) is 4.13. The van der Waals surface area contributed by atoms with Crippen molar-refractivity contribution >= 4 is 17.7 Å². The Hall–Kier alpha value is -1.22. The summed E-state index contributed by atoms with van der Waals surface area (Å²) in [4.78, 5) is 12.1. The second-order valence-electron chi connectivity index (χ2n) is 3.13. The van der Waals surface area contributed by atoms with Crippen molar-refractivity contribution < 1.29 is 9.90 Å². The van der Waals surface area contributed by atoms with Gasteiger partial charge in [0, 0.05) is 0 Å². The van der Waals surface area contributed by atoms with Crippen molar-refractivity contribution in [2.24, 2.45) is 5.92 Å². The zero-order chi connectivity index (χ0) is 9.97. The molecule has 0 saturated heterocycles. The highest BCUT2D eigenvalue weighted by Gasteiger charge is 2.22. The van der Waals surface area contributed by atoms with Gasteiger partial charge in [0.2, 0.25) is 0 Å². The highest BCUT2D eigenvalue weighted by atomic mass is 32.2. The van der Waals surface area contributed by atoms with Gasteiger partial charge in [0.25, 0.3) is 0 Å². The van der Waals surface area contributed by atoms with E-state index in [1.54, 1.807) is 23.9 Å². The first-order valence-corrected chi connectivity index (χ1v) is 5.29. The molecule has 2 nitrogen and oxygen atoms in total. The Kier molecular flexibility index (Phi) is 2.59. The van der Waals surface area contributed by atoms with E-state index in [2.05, 4.69) is 6.08 Å². The minimum atomic E-state index is -0.777. The molecule has 0 amide bonds. The summed E-state index contributed by atoms with van der Waals surface area (Å²) in [6.07, 6.45) is 10.2. The molecule has 0 aromatic carbocycles. The summed E-state index contributed by atoms with van der Waals surface area (Å²) in [6, 6.07) is 0. The maximum atomic E-state index is 11.0. The van der Waals surface area contributed by atoms with Gasteiger partial charge in [0.1, 0.15) is 5.92 Å². The van der Waals surface area contributed by atoms with Crippen LogP contribution in [-0.2, 0) is 4.79 Å². The smallest absolute Gasteiger partial charge is 0.314 e. The molecule has 2 aliphatic rings. The monoisotopic (exact) mass is 206 g/mol. The van der Waals surface area contributed by atoms with Crippen molar-refractivity contribution in [2.45, 2.75) is 6.42 Å². The molecule has 3 heteroatoms. The van der Waals surface area contributed by atoms with E-state index < -0.39 is 11.9 Å². The Morgan fingerprint density at radius 2 is 2.36 bits per heavy atom. The molecule has 1 N–H and O–H groups in total. The van der Waals surface area contributed by atoms with Crippen LogP contribution in [0.5, 0.6) is 0 Å². The minimum Gasteiger partial charge on any atom is -0.481 e. The van der Waals surface area contributed by atoms with Crippen LogP contribution < -0.4 is 0 Å². The first kappa shape index (κ1) is 9.34. The fourth-order valence-electron chi connectivity index (χ4n) is 1.54. The highest BCUT2D eigenvalue weighted by molar-refractivity contribution is 8.06. The van der Waals surface area contributed by atoms with Crippen LogP contribution in [0.3, 0.4) is 0 Å². The van der Waals surface area contributed by atoms with E-state index in [4.69, 9.17) is 5.11 Å². The second kappa shape index (κ2) is 3.88. The number of hydrogen-bond acceptors (Lipinski definition) is 2. The molecular formula is C11H10O2S. The minimum absolute atomic E-state index is 0.470. The van der Waals surface area contributed by atoms with Gasteiger partial charge in [-0.05, 0) is 22.3 Å². The molecule has 0 aromatic rings. The molecule has 0 bridgehead atoms. The number of carboxylic acids is 1. The van der Waals surface area contributed by atoms with Crippen LogP contribution >= 0.6 is 11.8 Å². The molecule has 2 rings (SSSR count). The van der Waals surface area contributed by atoms with Crippen LogP contribution in [0.4, 0.5) is 0 Å². The Morgan fingerprint density at radius 3 is 3.00 bits per heavy atom. The van der Waals surface area contributed by atoms with Gasteiger partial charge in [0.15, 0.2) is 0 Å². The number of rotatable bonds is 1. The van der Waals surface area contributed by atoms with Crippen LogP contribution in [0.2, 0.25) is 0 Å². The van der Waals surface area contributed by atoms with E-state index in [1.165, 1.54) is 0 Å².